The van der Waals surface area contributed by atoms with Crippen molar-refractivity contribution < 1.29 is 4.74 Å². The first-order valence-electron chi connectivity index (χ1n) is 6.60. The molecule has 0 aliphatic carbocycles. The van der Waals surface area contributed by atoms with Crippen LogP contribution >= 0.6 is 11.3 Å². The first-order chi connectivity index (χ1) is 8.38. The molecule has 1 aromatic rings. The zero-order valence-corrected chi connectivity index (χ0v) is 11.4. The van der Waals surface area contributed by atoms with Crippen LogP contribution in [0.3, 0.4) is 0 Å². The van der Waals surface area contributed by atoms with Gasteiger partial charge in [-0.15, -0.1) is 11.3 Å². The van der Waals surface area contributed by atoms with Crippen LogP contribution in [-0.2, 0) is 17.8 Å². The highest BCUT2D eigenvalue weighted by atomic mass is 32.1. The molecule has 0 amide bonds. The molecule has 1 fully saturated rings. The molecule has 17 heavy (non-hydrogen) atoms. The van der Waals surface area contributed by atoms with Gasteiger partial charge in [-0.3, -0.25) is 0 Å². The van der Waals surface area contributed by atoms with Crippen molar-refractivity contribution in [1.29, 1.82) is 0 Å². The summed E-state index contributed by atoms with van der Waals surface area (Å²) in [5, 5.41) is 6.75. The van der Waals surface area contributed by atoms with Gasteiger partial charge >= 0.3 is 0 Å². The zero-order valence-electron chi connectivity index (χ0n) is 10.6. The van der Waals surface area contributed by atoms with Crippen molar-refractivity contribution in [3.8, 4) is 0 Å². The van der Waals surface area contributed by atoms with Gasteiger partial charge in [0.05, 0.1) is 23.9 Å². The fourth-order valence-corrected chi connectivity index (χ4v) is 3.01. The topological polar surface area (TPSA) is 34.1 Å². The number of nitrogens with one attached hydrogen (secondary N) is 1. The highest BCUT2D eigenvalue weighted by Gasteiger charge is 2.13. The molecule has 1 aliphatic rings. The van der Waals surface area contributed by atoms with Gasteiger partial charge in [0, 0.05) is 5.38 Å². The molecule has 0 spiro atoms. The normalized spacial score (nSPS) is 17.5. The lowest BCUT2D eigenvalue weighted by atomic mass is 9.99. The smallest absolute Gasteiger partial charge is 0.0929 e. The second-order valence-electron chi connectivity index (χ2n) is 4.69. The van der Waals surface area contributed by atoms with E-state index in [2.05, 4.69) is 22.6 Å². The van der Waals surface area contributed by atoms with E-state index in [-0.39, 0.29) is 0 Å². The Labute approximate surface area is 108 Å². The number of rotatable bonds is 6. The Morgan fingerprint density at radius 2 is 2.29 bits per heavy atom. The molecule has 0 bridgehead atoms. The summed E-state index contributed by atoms with van der Waals surface area (Å²) >= 11 is 1.76. The largest absolute Gasteiger partial charge is 0.375 e. The fraction of sp³-hybridized carbons (Fsp3) is 0.769. The van der Waals surface area contributed by atoms with E-state index in [4.69, 9.17) is 4.74 Å². The Kier molecular flexibility index (Phi) is 5.42. The minimum Gasteiger partial charge on any atom is -0.375 e. The number of piperidine rings is 1. The van der Waals surface area contributed by atoms with Crippen LogP contribution in [0.4, 0.5) is 0 Å². The van der Waals surface area contributed by atoms with Gasteiger partial charge in [-0.25, -0.2) is 4.98 Å². The molecule has 2 heterocycles. The number of hydrogen-bond acceptors (Lipinski definition) is 4. The Balaban J connectivity index is 1.66. The van der Waals surface area contributed by atoms with E-state index in [1.807, 2.05) is 0 Å². The quantitative estimate of drug-likeness (QED) is 0.847. The maximum absolute atomic E-state index is 5.77. The molecule has 0 radical (unpaired) electrons. The summed E-state index contributed by atoms with van der Waals surface area (Å²) in [4.78, 5) is 4.56. The minimum absolute atomic E-state index is 0.685. The van der Waals surface area contributed by atoms with Crippen LogP contribution in [0.2, 0.25) is 0 Å². The van der Waals surface area contributed by atoms with E-state index in [1.54, 1.807) is 11.3 Å². The average molecular weight is 254 g/mol. The van der Waals surface area contributed by atoms with Crippen molar-refractivity contribution in [3.05, 3.63) is 16.1 Å². The molecule has 96 valence electrons. The van der Waals surface area contributed by atoms with Crippen molar-refractivity contribution in [1.82, 2.24) is 10.3 Å². The van der Waals surface area contributed by atoms with E-state index in [9.17, 15) is 0 Å². The van der Waals surface area contributed by atoms with Crippen LogP contribution in [0, 0.1) is 5.92 Å². The Morgan fingerprint density at radius 3 is 3.06 bits per heavy atom. The monoisotopic (exact) mass is 254 g/mol. The van der Waals surface area contributed by atoms with Crippen molar-refractivity contribution >= 4 is 11.3 Å². The third-order valence-corrected chi connectivity index (χ3v) is 4.08. The van der Waals surface area contributed by atoms with Gasteiger partial charge in [-0.1, -0.05) is 6.92 Å². The second kappa shape index (κ2) is 7.09. The fourth-order valence-electron chi connectivity index (χ4n) is 2.12. The molecule has 4 heteroatoms. The summed E-state index contributed by atoms with van der Waals surface area (Å²) in [6, 6.07) is 0. The maximum Gasteiger partial charge on any atom is 0.0929 e. The predicted octanol–water partition coefficient (Wildman–Crippen LogP) is 2.61. The summed E-state index contributed by atoms with van der Waals surface area (Å²) in [6.45, 7) is 6.05. The summed E-state index contributed by atoms with van der Waals surface area (Å²) in [7, 11) is 0. The summed E-state index contributed by atoms with van der Waals surface area (Å²) in [5.41, 5.74) is 1.10. The molecule has 1 aromatic heterocycles. The molecule has 0 atom stereocenters. The van der Waals surface area contributed by atoms with Gasteiger partial charge in [0.1, 0.15) is 0 Å². The van der Waals surface area contributed by atoms with Crippen LogP contribution < -0.4 is 5.32 Å². The van der Waals surface area contributed by atoms with Crippen molar-refractivity contribution in [2.75, 3.05) is 19.7 Å². The van der Waals surface area contributed by atoms with Crippen LogP contribution in [0.1, 0.15) is 36.9 Å². The second-order valence-corrected chi connectivity index (χ2v) is 5.63. The van der Waals surface area contributed by atoms with Crippen molar-refractivity contribution in [2.24, 2.45) is 5.92 Å². The summed E-state index contributed by atoms with van der Waals surface area (Å²) < 4.78 is 5.77. The highest BCUT2D eigenvalue weighted by molar-refractivity contribution is 7.09. The lowest BCUT2D eigenvalue weighted by molar-refractivity contribution is 0.0746. The van der Waals surface area contributed by atoms with Gasteiger partial charge in [0.2, 0.25) is 0 Å². The van der Waals surface area contributed by atoms with Crippen LogP contribution in [0.15, 0.2) is 5.38 Å². The molecule has 0 unspecified atom stereocenters. The van der Waals surface area contributed by atoms with E-state index in [0.717, 1.165) is 37.7 Å². The Bertz CT molecular complexity index is 321. The molecule has 1 N–H and O–H groups in total. The van der Waals surface area contributed by atoms with E-state index >= 15 is 0 Å². The maximum atomic E-state index is 5.77. The van der Waals surface area contributed by atoms with Crippen LogP contribution in [0.25, 0.3) is 0 Å². The van der Waals surface area contributed by atoms with E-state index < -0.39 is 0 Å². The molecule has 1 aliphatic heterocycles. The molecular weight excluding hydrogens is 232 g/mol. The van der Waals surface area contributed by atoms with Gasteiger partial charge in [0.25, 0.3) is 0 Å². The number of nitrogens with zero attached hydrogens (tertiary/aromatic N) is 1. The first kappa shape index (κ1) is 13.0. The molecule has 0 aromatic carbocycles. The average Bonchev–Trinajstić information content (AvgIpc) is 2.79. The van der Waals surface area contributed by atoms with Gasteiger partial charge < -0.3 is 10.1 Å². The molecule has 1 saturated heterocycles. The molecule has 3 nitrogen and oxygen atoms in total. The van der Waals surface area contributed by atoms with E-state index in [1.165, 1.54) is 24.3 Å². The van der Waals surface area contributed by atoms with Crippen LogP contribution in [0.5, 0.6) is 0 Å². The van der Waals surface area contributed by atoms with Crippen LogP contribution in [-0.4, -0.2) is 24.7 Å². The van der Waals surface area contributed by atoms with Gasteiger partial charge in [-0.05, 0) is 44.7 Å². The zero-order chi connectivity index (χ0) is 11.9. The van der Waals surface area contributed by atoms with Gasteiger partial charge in [-0.2, -0.15) is 0 Å². The first-order valence-corrected chi connectivity index (χ1v) is 7.48. The number of ether oxygens (including phenoxy) is 1. The number of hydrogen-bond donors (Lipinski definition) is 1. The lowest BCUT2D eigenvalue weighted by Gasteiger charge is -2.22. The molecule has 0 saturated carbocycles. The number of thiazole rings is 1. The summed E-state index contributed by atoms with van der Waals surface area (Å²) in [6.07, 6.45) is 4.76. The number of aromatic nitrogens is 1. The molecular formula is C13H22N2OS. The number of aryl methyl sites for hydroxylation is 1. The SMILES string of the molecule is CCCc1nc(COCC2CCNCC2)cs1. The third-order valence-electron chi connectivity index (χ3n) is 3.13. The standard InChI is InChI=1S/C13H22N2OS/c1-2-3-13-15-12(10-17-13)9-16-8-11-4-6-14-7-5-11/h10-11,14H,2-9H2,1H3. The highest BCUT2D eigenvalue weighted by Crippen LogP contribution is 2.15. The third kappa shape index (κ3) is 4.37. The lowest BCUT2D eigenvalue weighted by Crippen LogP contribution is -2.29. The summed E-state index contributed by atoms with van der Waals surface area (Å²) in [5.74, 6) is 0.741. The Hall–Kier alpha value is -0.450. The van der Waals surface area contributed by atoms with E-state index in [0.29, 0.717) is 6.61 Å². The van der Waals surface area contributed by atoms with Crippen molar-refractivity contribution in [3.63, 3.8) is 0 Å². The van der Waals surface area contributed by atoms with Crippen molar-refractivity contribution in [2.45, 2.75) is 39.2 Å². The minimum atomic E-state index is 0.685. The predicted molar refractivity (Wildman–Crippen MR) is 71.4 cm³/mol. The Morgan fingerprint density at radius 1 is 1.47 bits per heavy atom. The van der Waals surface area contributed by atoms with Gasteiger partial charge in [0.15, 0.2) is 0 Å². The molecule has 2 rings (SSSR count).